The lowest BCUT2D eigenvalue weighted by molar-refractivity contribution is 0.282. The fourth-order valence-corrected chi connectivity index (χ4v) is 0.880. The zero-order valence-corrected chi connectivity index (χ0v) is 6.17. The van der Waals surface area contributed by atoms with Crippen LogP contribution in [0.3, 0.4) is 0 Å². The van der Waals surface area contributed by atoms with E-state index in [0.717, 1.165) is 12.8 Å². The van der Waals surface area contributed by atoms with Crippen molar-refractivity contribution in [1.82, 2.24) is 0 Å². The van der Waals surface area contributed by atoms with Crippen LogP contribution in [0.25, 0.3) is 0 Å². The van der Waals surface area contributed by atoms with Crippen LogP contribution >= 0.6 is 0 Å². The molecular formula is C8H11BO. The predicted molar refractivity (Wildman–Crippen MR) is 45.0 cm³/mol. The second-order valence-corrected chi connectivity index (χ2v) is 2.33. The summed E-state index contributed by atoms with van der Waals surface area (Å²) in [4.78, 5) is 0. The second-order valence-electron chi connectivity index (χ2n) is 2.33. The Hall–Kier alpha value is -0.755. The maximum atomic E-state index is 8.70. The molecule has 0 heterocycles. The van der Waals surface area contributed by atoms with E-state index >= 15 is 0 Å². The molecule has 0 aliphatic heterocycles. The minimum atomic E-state index is 0.143. The Balaban J connectivity index is 2.80. The lowest BCUT2D eigenvalue weighted by Gasteiger charge is -1.96. The van der Waals surface area contributed by atoms with E-state index in [9.17, 15) is 0 Å². The van der Waals surface area contributed by atoms with Gasteiger partial charge in [0.2, 0.25) is 0 Å². The third-order valence-electron chi connectivity index (χ3n) is 1.61. The Morgan fingerprint density at radius 1 is 1.30 bits per heavy atom. The third kappa shape index (κ3) is 1.61. The number of hydrogen-bond acceptors (Lipinski definition) is 1. The van der Waals surface area contributed by atoms with Crippen LogP contribution in [0, 0.1) is 0 Å². The monoisotopic (exact) mass is 134 g/mol. The van der Waals surface area contributed by atoms with Crippen LogP contribution in [-0.2, 0) is 6.61 Å². The summed E-state index contributed by atoms with van der Waals surface area (Å²) < 4.78 is 0. The van der Waals surface area contributed by atoms with E-state index in [1.165, 1.54) is 5.46 Å². The maximum absolute atomic E-state index is 8.70. The van der Waals surface area contributed by atoms with Crippen molar-refractivity contribution in [2.24, 2.45) is 0 Å². The van der Waals surface area contributed by atoms with Crippen molar-refractivity contribution < 1.29 is 5.11 Å². The smallest absolute Gasteiger partial charge is 0.154 e. The molecule has 0 aliphatic rings. The Morgan fingerprint density at radius 3 is 2.30 bits per heavy atom. The second kappa shape index (κ2) is 3.42. The number of aliphatic hydroxyl groups excluding tert-OH is 1. The van der Waals surface area contributed by atoms with Gasteiger partial charge in [0.25, 0.3) is 0 Å². The molecule has 52 valence electrons. The third-order valence-corrected chi connectivity index (χ3v) is 1.61. The fraction of sp³-hybridized carbons (Fsp3) is 0.250. The summed E-state index contributed by atoms with van der Waals surface area (Å²) in [6.45, 7) is 2.26. The van der Waals surface area contributed by atoms with Crippen molar-refractivity contribution in [3.8, 4) is 0 Å². The summed E-state index contributed by atoms with van der Waals surface area (Å²) in [6.07, 6.45) is 0. The van der Waals surface area contributed by atoms with Crippen molar-refractivity contribution in [2.45, 2.75) is 13.4 Å². The Labute approximate surface area is 61.9 Å². The maximum Gasteiger partial charge on any atom is 0.154 e. The largest absolute Gasteiger partial charge is 0.392 e. The van der Waals surface area contributed by atoms with Crippen LogP contribution in [0.1, 0.15) is 5.56 Å². The van der Waals surface area contributed by atoms with Gasteiger partial charge in [-0.05, 0) is 5.56 Å². The van der Waals surface area contributed by atoms with E-state index in [1.807, 2.05) is 24.3 Å². The molecule has 0 saturated heterocycles. The zero-order valence-electron chi connectivity index (χ0n) is 6.17. The summed E-state index contributed by atoms with van der Waals surface area (Å²) in [5.74, 6) is 0. The van der Waals surface area contributed by atoms with Crippen LogP contribution in [-0.4, -0.2) is 12.4 Å². The van der Waals surface area contributed by atoms with Gasteiger partial charge in [0.05, 0.1) is 6.61 Å². The zero-order chi connectivity index (χ0) is 7.40. The molecule has 0 radical (unpaired) electrons. The quantitative estimate of drug-likeness (QED) is 0.576. The first kappa shape index (κ1) is 7.35. The van der Waals surface area contributed by atoms with Crippen LogP contribution in [0.2, 0.25) is 6.82 Å². The van der Waals surface area contributed by atoms with E-state index in [1.54, 1.807) is 0 Å². The molecule has 0 bridgehead atoms. The first-order valence-electron chi connectivity index (χ1n) is 3.55. The van der Waals surface area contributed by atoms with E-state index < -0.39 is 0 Å². The van der Waals surface area contributed by atoms with Crippen LogP contribution < -0.4 is 5.46 Å². The van der Waals surface area contributed by atoms with E-state index in [0.29, 0.717) is 0 Å². The molecule has 1 aromatic carbocycles. The molecule has 1 nitrogen and oxygen atoms in total. The molecule has 0 fully saturated rings. The first-order valence-corrected chi connectivity index (χ1v) is 3.55. The molecule has 1 N–H and O–H groups in total. The molecule has 0 amide bonds. The molecule has 2 heteroatoms. The van der Waals surface area contributed by atoms with E-state index in [2.05, 4.69) is 6.82 Å². The average Bonchev–Trinajstić information content (AvgIpc) is 2.05. The highest BCUT2D eigenvalue weighted by Gasteiger charge is 1.90. The molecule has 0 aromatic heterocycles. The van der Waals surface area contributed by atoms with Crippen LogP contribution in [0.5, 0.6) is 0 Å². The standard InChI is InChI=1S/C8H11BO/c1-9-8-4-2-7(6-10)3-5-8/h2-5,9-10H,6H2,1H3. The van der Waals surface area contributed by atoms with Gasteiger partial charge in [-0.25, -0.2) is 0 Å². The highest BCUT2D eigenvalue weighted by molar-refractivity contribution is 6.51. The van der Waals surface area contributed by atoms with Crippen molar-refractivity contribution in [3.63, 3.8) is 0 Å². The van der Waals surface area contributed by atoms with Crippen molar-refractivity contribution in [3.05, 3.63) is 29.8 Å². The topological polar surface area (TPSA) is 20.2 Å². The van der Waals surface area contributed by atoms with Gasteiger partial charge in [-0.1, -0.05) is 36.6 Å². The van der Waals surface area contributed by atoms with Gasteiger partial charge in [-0.3, -0.25) is 0 Å². The summed E-state index contributed by atoms with van der Waals surface area (Å²) in [5, 5.41) is 8.70. The summed E-state index contributed by atoms with van der Waals surface area (Å²) in [5.41, 5.74) is 2.30. The number of rotatable bonds is 2. The van der Waals surface area contributed by atoms with Gasteiger partial charge >= 0.3 is 0 Å². The van der Waals surface area contributed by atoms with Crippen molar-refractivity contribution in [1.29, 1.82) is 0 Å². The first-order chi connectivity index (χ1) is 4.86. The molecule has 1 aromatic rings. The number of benzene rings is 1. The molecule has 0 aliphatic carbocycles. The summed E-state index contributed by atoms with van der Waals surface area (Å²) >= 11 is 0. The van der Waals surface area contributed by atoms with E-state index in [4.69, 9.17) is 5.11 Å². The molecule has 1 rings (SSSR count). The lowest BCUT2D eigenvalue weighted by atomic mass is 9.73. The molecule has 0 spiro atoms. The minimum absolute atomic E-state index is 0.143. The van der Waals surface area contributed by atoms with Gasteiger partial charge in [0, 0.05) is 0 Å². The molecule has 10 heavy (non-hydrogen) atoms. The highest BCUT2D eigenvalue weighted by atomic mass is 16.3. The SMILES string of the molecule is CBc1ccc(CO)cc1. The van der Waals surface area contributed by atoms with Gasteiger partial charge in [0.15, 0.2) is 7.28 Å². The Kier molecular flexibility index (Phi) is 2.52. The number of hydrogen-bond donors (Lipinski definition) is 1. The van der Waals surface area contributed by atoms with Gasteiger partial charge in [-0.15, -0.1) is 0 Å². The minimum Gasteiger partial charge on any atom is -0.392 e. The van der Waals surface area contributed by atoms with Crippen molar-refractivity contribution in [2.75, 3.05) is 0 Å². The van der Waals surface area contributed by atoms with Gasteiger partial charge in [0.1, 0.15) is 0 Å². The molecule has 0 saturated carbocycles. The molecule has 0 atom stereocenters. The van der Waals surface area contributed by atoms with Gasteiger partial charge in [-0.2, -0.15) is 0 Å². The van der Waals surface area contributed by atoms with Crippen LogP contribution in [0.4, 0.5) is 0 Å². The molecule has 0 unspecified atom stereocenters. The van der Waals surface area contributed by atoms with Gasteiger partial charge < -0.3 is 5.11 Å². The lowest BCUT2D eigenvalue weighted by Crippen LogP contribution is -2.09. The fourth-order valence-electron chi connectivity index (χ4n) is 0.880. The van der Waals surface area contributed by atoms with Crippen LogP contribution in [0.15, 0.2) is 24.3 Å². The number of aliphatic hydroxyl groups is 1. The predicted octanol–water partition coefficient (Wildman–Crippen LogP) is 0.289. The van der Waals surface area contributed by atoms with Crippen molar-refractivity contribution >= 4 is 12.7 Å². The summed E-state index contributed by atoms with van der Waals surface area (Å²) in [6, 6.07) is 8.01. The normalized spacial score (nSPS) is 9.40. The molecular weight excluding hydrogens is 123 g/mol. The highest BCUT2D eigenvalue weighted by Crippen LogP contribution is 1.94. The van der Waals surface area contributed by atoms with E-state index in [-0.39, 0.29) is 6.61 Å². The Bertz CT molecular complexity index is 170. The summed E-state index contributed by atoms with van der Waals surface area (Å²) in [7, 11) is 1.06. The average molecular weight is 134 g/mol. The Morgan fingerprint density at radius 2 is 1.90 bits per heavy atom.